The van der Waals surface area contributed by atoms with Crippen LogP contribution in [-0.2, 0) is 11.8 Å². The van der Waals surface area contributed by atoms with Crippen LogP contribution in [0.25, 0.3) is 11.0 Å². The van der Waals surface area contributed by atoms with Gasteiger partial charge in [0.15, 0.2) is 5.65 Å². The predicted molar refractivity (Wildman–Crippen MR) is 114 cm³/mol. The fourth-order valence-corrected chi connectivity index (χ4v) is 5.87. The van der Waals surface area contributed by atoms with Gasteiger partial charge < -0.3 is 9.80 Å². The first kappa shape index (κ1) is 19.5. The average molecular weight is 410 g/mol. The van der Waals surface area contributed by atoms with Crippen LogP contribution in [0.5, 0.6) is 0 Å². The number of rotatable bonds is 2. The summed E-state index contributed by atoms with van der Waals surface area (Å²) in [6.07, 6.45) is 3.87. The van der Waals surface area contributed by atoms with E-state index in [1.165, 1.54) is 0 Å². The van der Waals surface area contributed by atoms with E-state index in [2.05, 4.69) is 23.8 Å². The number of carbonyl (C=O) groups is 2. The summed E-state index contributed by atoms with van der Waals surface area (Å²) in [6.45, 7) is 8.43. The molecule has 2 bridgehead atoms. The first-order valence-electron chi connectivity index (χ1n) is 11.3. The van der Waals surface area contributed by atoms with E-state index in [9.17, 15) is 9.59 Å². The van der Waals surface area contributed by atoms with Crippen LogP contribution in [0.3, 0.4) is 0 Å². The number of aromatic nitrogens is 3. The zero-order valence-corrected chi connectivity index (χ0v) is 18.4. The van der Waals surface area contributed by atoms with Crippen LogP contribution in [0.1, 0.15) is 67.2 Å². The van der Waals surface area contributed by atoms with Crippen molar-refractivity contribution in [1.82, 2.24) is 24.6 Å². The Hall–Kier alpha value is -2.44. The summed E-state index contributed by atoms with van der Waals surface area (Å²) in [5.41, 5.74) is 3.28. The molecule has 30 heavy (non-hydrogen) atoms. The number of hydrogen-bond donors (Lipinski definition) is 0. The van der Waals surface area contributed by atoms with E-state index >= 15 is 0 Å². The zero-order valence-electron chi connectivity index (χ0n) is 18.4. The minimum atomic E-state index is 0.0886. The van der Waals surface area contributed by atoms with Gasteiger partial charge in [0.05, 0.1) is 16.6 Å². The monoisotopic (exact) mass is 409 g/mol. The van der Waals surface area contributed by atoms with Crippen LogP contribution in [0.2, 0.25) is 0 Å². The van der Waals surface area contributed by atoms with Gasteiger partial charge in [0.1, 0.15) is 0 Å². The number of aryl methyl sites for hydroxylation is 2. The normalized spacial score (nSPS) is 26.4. The molecule has 0 aromatic carbocycles. The van der Waals surface area contributed by atoms with Crippen LogP contribution in [0.4, 0.5) is 0 Å². The zero-order chi connectivity index (χ0) is 21.2. The summed E-state index contributed by atoms with van der Waals surface area (Å²) in [7, 11) is 1.89. The second-order valence-electron chi connectivity index (χ2n) is 9.73. The molecule has 3 aliphatic heterocycles. The number of nitrogens with zero attached hydrogens (tertiary/aromatic N) is 5. The highest BCUT2D eigenvalue weighted by molar-refractivity contribution is 6.06. The molecule has 2 amide bonds. The molecule has 2 aromatic rings. The molecule has 3 atom stereocenters. The first-order chi connectivity index (χ1) is 14.3. The number of hydrogen-bond acceptors (Lipinski definition) is 4. The molecular formula is C23H31N5O2. The molecule has 7 nitrogen and oxygen atoms in total. The van der Waals surface area contributed by atoms with Gasteiger partial charge in [-0.3, -0.25) is 14.3 Å². The molecule has 0 spiro atoms. The van der Waals surface area contributed by atoms with Crippen molar-refractivity contribution in [1.29, 1.82) is 0 Å². The van der Waals surface area contributed by atoms with E-state index in [1.54, 1.807) is 4.68 Å². The summed E-state index contributed by atoms with van der Waals surface area (Å²) in [4.78, 5) is 35.2. The van der Waals surface area contributed by atoms with E-state index in [1.807, 2.05) is 24.9 Å². The molecule has 160 valence electrons. The van der Waals surface area contributed by atoms with Gasteiger partial charge >= 0.3 is 0 Å². The maximum Gasteiger partial charge on any atom is 0.254 e. The van der Waals surface area contributed by atoms with Gasteiger partial charge in [-0.05, 0) is 50.0 Å². The Kier molecular flexibility index (Phi) is 4.60. The third kappa shape index (κ3) is 3.01. The van der Waals surface area contributed by atoms with Gasteiger partial charge in [0.25, 0.3) is 5.91 Å². The lowest BCUT2D eigenvalue weighted by Crippen LogP contribution is -2.61. The number of pyridine rings is 1. The smallest absolute Gasteiger partial charge is 0.254 e. The summed E-state index contributed by atoms with van der Waals surface area (Å²) in [5, 5.41) is 5.41. The van der Waals surface area contributed by atoms with Crippen LogP contribution in [0.15, 0.2) is 6.07 Å². The van der Waals surface area contributed by atoms with Crippen molar-refractivity contribution in [2.45, 2.75) is 58.4 Å². The fourth-order valence-electron chi connectivity index (χ4n) is 5.87. The maximum absolute atomic E-state index is 13.8. The van der Waals surface area contributed by atoms with E-state index in [-0.39, 0.29) is 11.8 Å². The van der Waals surface area contributed by atoms with E-state index in [0.717, 1.165) is 66.9 Å². The van der Waals surface area contributed by atoms with Gasteiger partial charge in [-0.1, -0.05) is 13.8 Å². The lowest BCUT2D eigenvalue weighted by Gasteiger charge is -2.52. The second kappa shape index (κ2) is 7.06. The van der Waals surface area contributed by atoms with Crippen LogP contribution in [0, 0.1) is 18.8 Å². The molecule has 3 unspecified atom stereocenters. The number of carbonyl (C=O) groups excluding carboxylic acids is 2. The highest BCUT2D eigenvalue weighted by atomic mass is 16.2. The molecule has 0 radical (unpaired) electrons. The molecule has 5 heterocycles. The van der Waals surface area contributed by atoms with E-state index in [0.29, 0.717) is 30.2 Å². The Morgan fingerprint density at radius 1 is 1.23 bits per heavy atom. The van der Waals surface area contributed by atoms with E-state index in [4.69, 9.17) is 4.98 Å². The van der Waals surface area contributed by atoms with Crippen molar-refractivity contribution >= 4 is 22.8 Å². The number of likely N-dealkylation sites (tertiary alicyclic amines) is 1. The second-order valence-corrected chi connectivity index (χ2v) is 9.73. The quantitative estimate of drug-likeness (QED) is 0.765. The molecule has 3 aliphatic rings. The van der Waals surface area contributed by atoms with Crippen molar-refractivity contribution in [2.24, 2.45) is 18.9 Å². The molecule has 5 rings (SSSR count). The van der Waals surface area contributed by atoms with Crippen molar-refractivity contribution < 1.29 is 9.59 Å². The fraction of sp³-hybridized carbons (Fsp3) is 0.652. The van der Waals surface area contributed by atoms with Crippen molar-refractivity contribution in [2.75, 3.05) is 19.6 Å². The Morgan fingerprint density at radius 3 is 2.80 bits per heavy atom. The van der Waals surface area contributed by atoms with Gasteiger partial charge in [-0.15, -0.1) is 0 Å². The first-order valence-corrected chi connectivity index (χ1v) is 11.3. The van der Waals surface area contributed by atoms with Crippen LogP contribution >= 0.6 is 0 Å². The maximum atomic E-state index is 13.8. The van der Waals surface area contributed by atoms with E-state index < -0.39 is 0 Å². The van der Waals surface area contributed by atoms with Crippen LogP contribution in [-0.4, -0.2) is 62.1 Å². The van der Waals surface area contributed by atoms with Crippen molar-refractivity contribution in [3.8, 4) is 0 Å². The summed E-state index contributed by atoms with van der Waals surface area (Å²) < 4.78 is 1.78. The number of piperidine rings is 3. The minimum Gasteiger partial charge on any atom is -0.339 e. The Balaban J connectivity index is 1.50. The van der Waals surface area contributed by atoms with Crippen LogP contribution < -0.4 is 0 Å². The SMILES string of the molecule is Cc1nn(C)c2nc(C(C)C)cc(C(=O)N3CC4CC(C3)C3CCCC(=O)N3C4)c12. The van der Waals surface area contributed by atoms with Gasteiger partial charge in [0.2, 0.25) is 5.91 Å². The number of amides is 2. The molecule has 0 saturated carbocycles. The highest BCUT2D eigenvalue weighted by Crippen LogP contribution is 2.38. The topological polar surface area (TPSA) is 71.3 Å². The third-order valence-electron chi connectivity index (χ3n) is 7.28. The average Bonchev–Trinajstić information content (AvgIpc) is 3.01. The minimum absolute atomic E-state index is 0.0886. The Morgan fingerprint density at radius 2 is 2.03 bits per heavy atom. The van der Waals surface area contributed by atoms with Crippen molar-refractivity contribution in [3.63, 3.8) is 0 Å². The molecule has 0 aliphatic carbocycles. The summed E-state index contributed by atoms with van der Waals surface area (Å²) in [5.74, 6) is 1.40. The lowest BCUT2D eigenvalue weighted by molar-refractivity contribution is -0.144. The van der Waals surface area contributed by atoms with Gasteiger partial charge in [-0.2, -0.15) is 5.10 Å². The van der Waals surface area contributed by atoms with Crippen molar-refractivity contribution in [3.05, 3.63) is 23.0 Å². The van der Waals surface area contributed by atoms with Gasteiger partial charge in [-0.25, -0.2) is 4.98 Å². The predicted octanol–water partition coefficient (Wildman–Crippen LogP) is 2.87. The Labute approximate surface area is 177 Å². The molecule has 3 saturated heterocycles. The third-order valence-corrected chi connectivity index (χ3v) is 7.28. The molecule has 7 heteroatoms. The van der Waals surface area contributed by atoms with Gasteiger partial charge in [0, 0.05) is 44.8 Å². The summed E-state index contributed by atoms with van der Waals surface area (Å²) >= 11 is 0. The molecule has 2 aromatic heterocycles. The largest absolute Gasteiger partial charge is 0.339 e. The standard InChI is InChI=1S/C23H31N5O2/c1-13(2)18-9-17(21-14(3)25-26(4)22(21)24-18)23(30)27-10-15-8-16(12-27)19-6-5-7-20(29)28(19)11-15/h9,13,15-16,19H,5-8,10-12H2,1-4H3. The highest BCUT2D eigenvalue weighted by Gasteiger charge is 2.45. The number of fused-ring (bicyclic) bond motifs is 5. The summed E-state index contributed by atoms with van der Waals surface area (Å²) in [6, 6.07) is 2.28. The Bertz CT molecular complexity index is 1030. The lowest BCUT2D eigenvalue weighted by atomic mass is 9.76. The molecule has 3 fully saturated rings. The molecule has 0 N–H and O–H groups in total. The molecular weight excluding hydrogens is 378 g/mol.